The zero-order valence-corrected chi connectivity index (χ0v) is 18.1. The lowest BCUT2D eigenvalue weighted by molar-refractivity contribution is -0.384. The van der Waals surface area contributed by atoms with Crippen LogP contribution in [0.5, 0.6) is 11.5 Å². The molecule has 0 bridgehead atoms. The maximum Gasteiger partial charge on any atom is 0.308 e. The molecule has 0 aromatic heterocycles. The van der Waals surface area contributed by atoms with Gasteiger partial charge in [-0.1, -0.05) is 0 Å². The normalized spacial score (nSPS) is 18.0. The summed E-state index contributed by atoms with van der Waals surface area (Å²) >= 11 is 1.63. The van der Waals surface area contributed by atoms with Crippen LogP contribution >= 0.6 is 11.8 Å². The molecule has 2 aromatic rings. The molecule has 7 heteroatoms. The molecular formula is C22H25NO5S. The summed E-state index contributed by atoms with van der Waals surface area (Å²) in [6.45, 7) is 9.42. The number of rotatable bonds is 5. The fourth-order valence-corrected chi connectivity index (χ4v) is 4.58. The maximum absolute atomic E-state index is 11.5. The zero-order valence-electron chi connectivity index (χ0n) is 17.3. The van der Waals surface area contributed by atoms with Crippen LogP contribution in [0, 0.1) is 30.9 Å². The molecule has 1 unspecified atom stereocenters. The predicted octanol–water partition coefficient (Wildman–Crippen LogP) is 5.32. The highest BCUT2D eigenvalue weighted by Gasteiger charge is 2.35. The second-order valence-electron chi connectivity index (χ2n) is 7.70. The highest BCUT2D eigenvalue weighted by Crippen LogP contribution is 2.44. The first-order valence-electron chi connectivity index (χ1n) is 9.48. The monoisotopic (exact) mass is 415 g/mol. The quantitative estimate of drug-likeness (QED) is 0.216. The van der Waals surface area contributed by atoms with Gasteiger partial charge in [0.25, 0.3) is 5.69 Å². The van der Waals surface area contributed by atoms with Gasteiger partial charge in [0.1, 0.15) is 17.1 Å². The van der Waals surface area contributed by atoms with Crippen LogP contribution in [-0.4, -0.2) is 22.2 Å². The van der Waals surface area contributed by atoms with Crippen LogP contribution in [0.2, 0.25) is 0 Å². The molecule has 0 saturated carbocycles. The molecule has 154 valence electrons. The van der Waals surface area contributed by atoms with E-state index in [0.29, 0.717) is 5.75 Å². The topological polar surface area (TPSA) is 78.7 Å². The van der Waals surface area contributed by atoms with Gasteiger partial charge in [0.2, 0.25) is 0 Å². The molecule has 0 amide bonds. The number of ether oxygens (including phenoxy) is 2. The van der Waals surface area contributed by atoms with Gasteiger partial charge in [-0.2, -0.15) is 0 Å². The number of esters is 1. The van der Waals surface area contributed by atoms with Gasteiger partial charge in [-0.05, 0) is 69.4 Å². The number of nitro groups is 1. The van der Waals surface area contributed by atoms with Gasteiger partial charge in [-0.25, -0.2) is 0 Å². The third kappa shape index (κ3) is 4.40. The molecule has 1 aliphatic rings. The van der Waals surface area contributed by atoms with Crippen LogP contribution < -0.4 is 9.47 Å². The summed E-state index contributed by atoms with van der Waals surface area (Å²) in [6.07, 6.45) is 1.68. The van der Waals surface area contributed by atoms with Gasteiger partial charge in [0, 0.05) is 35.3 Å². The third-order valence-electron chi connectivity index (χ3n) is 5.40. The van der Waals surface area contributed by atoms with Crippen LogP contribution in [0.3, 0.4) is 0 Å². The van der Waals surface area contributed by atoms with Crippen molar-refractivity contribution < 1.29 is 19.2 Å². The summed E-state index contributed by atoms with van der Waals surface area (Å²) in [6, 6.07) is 6.59. The molecule has 0 radical (unpaired) electrons. The molecule has 6 nitrogen and oxygen atoms in total. The van der Waals surface area contributed by atoms with E-state index in [4.69, 9.17) is 9.47 Å². The summed E-state index contributed by atoms with van der Waals surface area (Å²) in [7, 11) is 0. The summed E-state index contributed by atoms with van der Waals surface area (Å²) in [5.74, 6) is 1.93. The number of non-ortho nitro benzene ring substituents is 1. The first-order chi connectivity index (χ1) is 13.6. The number of nitro benzene ring substituents is 1. The Morgan fingerprint density at radius 2 is 1.86 bits per heavy atom. The lowest BCUT2D eigenvalue weighted by Gasteiger charge is -2.38. The number of carbonyl (C=O) groups excluding carboxylic acids is 1. The Morgan fingerprint density at radius 1 is 1.21 bits per heavy atom. The predicted molar refractivity (Wildman–Crippen MR) is 113 cm³/mol. The standard InChI is InChI=1S/C22H25NO5S/c1-13-14(2)21-19(15(3)20(13)27-16(4)24)10-11-22(5,28-21)12-29-18-8-6-17(7-9-18)23(25)26/h6-9H,10-12H2,1-5H3. The SMILES string of the molecule is CC(=O)Oc1c(C)c(C)c2c(c1C)CCC(C)(CSc1ccc([N+](=O)[O-])cc1)O2. The lowest BCUT2D eigenvalue weighted by atomic mass is 9.88. The fourth-order valence-electron chi connectivity index (χ4n) is 3.58. The number of hydrogen-bond acceptors (Lipinski definition) is 6. The fraction of sp³-hybridized carbons (Fsp3) is 0.409. The van der Waals surface area contributed by atoms with Crippen molar-refractivity contribution in [3.05, 3.63) is 56.6 Å². The minimum Gasteiger partial charge on any atom is -0.486 e. The number of fused-ring (bicyclic) bond motifs is 1. The first-order valence-corrected chi connectivity index (χ1v) is 10.5. The molecule has 0 aliphatic carbocycles. The van der Waals surface area contributed by atoms with E-state index in [-0.39, 0.29) is 17.3 Å². The molecule has 1 aliphatic heterocycles. The van der Waals surface area contributed by atoms with Crippen molar-refractivity contribution in [2.24, 2.45) is 0 Å². The Bertz CT molecular complexity index is 970. The van der Waals surface area contributed by atoms with E-state index in [2.05, 4.69) is 6.92 Å². The van der Waals surface area contributed by atoms with E-state index in [0.717, 1.165) is 51.5 Å². The van der Waals surface area contributed by atoms with Gasteiger partial charge in [0.15, 0.2) is 0 Å². The van der Waals surface area contributed by atoms with Crippen molar-refractivity contribution >= 4 is 23.4 Å². The van der Waals surface area contributed by atoms with Crippen LogP contribution in [0.15, 0.2) is 29.2 Å². The van der Waals surface area contributed by atoms with Crippen LogP contribution in [-0.2, 0) is 11.2 Å². The molecule has 2 aromatic carbocycles. The summed E-state index contributed by atoms with van der Waals surface area (Å²) < 4.78 is 11.9. The lowest BCUT2D eigenvalue weighted by Crippen LogP contribution is -2.39. The van der Waals surface area contributed by atoms with E-state index in [1.807, 2.05) is 20.8 Å². The summed E-state index contributed by atoms with van der Waals surface area (Å²) in [4.78, 5) is 22.9. The number of thioether (sulfide) groups is 1. The van der Waals surface area contributed by atoms with Gasteiger partial charge < -0.3 is 9.47 Å². The third-order valence-corrected chi connectivity index (χ3v) is 6.76. The molecular weight excluding hydrogens is 390 g/mol. The molecule has 0 N–H and O–H groups in total. The van der Waals surface area contributed by atoms with Crippen molar-refractivity contribution in [3.8, 4) is 11.5 Å². The zero-order chi connectivity index (χ0) is 21.3. The average Bonchev–Trinajstić information content (AvgIpc) is 2.68. The minimum atomic E-state index is -0.394. The van der Waals surface area contributed by atoms with Crippen LogP contribution in [0.4, 0.5) is 5.69 Å². The van der Waals surface area contributed by atoms with Crippen molar-refractivity contribution in [1.82, 2.24) is 0 Å². The van der Waals surface area contributed by atoms with E-state index in [1.54, 1.807) is 23.9 Å². The average molecular weight is 416 g/mol. The van der Waals surface area contributed by atoms with Gasteiger partial charge in [-0.3, -0.25) is 14.9 Å². The van der Waals surface area contributed by atoms with E-state index in [1.165, 1.54) is 19.1 Å². The largest absolute Gasteiger partial charge is 0.486 e. The minimum absolute atomic E-state index is 0.0913. The maximum atomic E-state index is 11.5. The van der Waals surface area contributed by atoms with Crippen LogP contribution in [0.25, 0.3) is 0 Å². The van der Waals surface area contributed by atoms with E-state index < -0.39 is 4.92 Å². The van der Waals surface area contributed by atoms with Crippen LogP contribution in [0.1, 0.15) is 42.5 Å². The molecule has 0 saturated heterocycles. The van der Waals surface area contributed by atoms with E-state index in [9.17, 15) is 14.9 Å². The number of nitrogens with zero attached hydrogens (tertiary/aromatic N) is 1. The highest BCUT2D eigenvalue weighted by atomic mass is 32.2. The van der Waals surface area contributed by atoms with Crippen molar-refractivity contribution in [3.63, 3.8) is 0 Å². The van der Waals surface area contributed by atoms with Gasteiger partial charge in [0.05, 0.1) is 4.92 Å². The molecule has 1 heterocycles. The number of carbonyl (C=O) groups is 1. The Labute approximate surface area is 174 Å². The second-order valence-corrected chi connectivity index (χ2v) is 8.75. The summed E-state index contributed by atoms with van der Waals surface area (Å²) in [5.41, 5.74) is 3.71. The summed E-state index contributed by atoms with van der Waals surface area (Å²) in [5, 5.41) is 10.8. The van der Waals surface area contributed by atoms with Gasteiger partial charge >= 0.3 is 5.97 Å². The molecule has 3 rings (SSSR count). The second kappa shape index (κ2) is 8.06. The Hall–Kier alpha value is -2.54. The number of benzene rings is 2. The Balaban J connectivity index is 1.80. The van der Waals surface area contributed by atoms with Crippen molar-refractivity contribution in [2.45, 2.75) is 58.0 Å². The Kier molecular flexibility index (Phi) is 5.89. The van der Waals surface area contributed by atoms with Crippen molar-refractivity contribution in [1.29, 1.82) is 0 Å². The Morgan fingerprint density at radius 3 is 2.45 bits per heavy atom. The highest BCUT2D eigenvalue weighted by molar-refractivity contribution is 7.99. The number of hydrogen-bond donors (Lipinski definition) is 0. The van der Waals surface area contributed by atoms with E-state index >= 15 is 0 Å². The smallest absolute Gasteiger partial charge is 0.308 e. The molecule has 0 spiro atoms. The molecule has 0 fully saturated rings. The van der Waals surface area contributed by atoms with Gasteiger partial charge in [-0.15, -0.1) is 11.8 Å². The molecule has 29 heavy (non-hydrogen) atoms. The van der Waals surface area contributed by atoms with Crippen molar-refractivity contribution in [2.75, 3.05) is 5.75 Å². The molecule has 1 atom stereocenters. The first kappa shape index (κ1) is 21.2.